The van der Waals surface area contributed by atoms with Crippen molar-refractivity contribution in [3.63, 3.8) is 0 Å². The summed E-state index contributed by atoms with van der Waals surface area (Å²) in [5, 5.41) is 3.84. The first-order chi connectivity index (χ1) is 11.6. The highest BCUT2D eigenvalue weighted by Gasteiger charge is 2.47. The van der Waals surface area contributed by atoms with Crippen LogP contribution < -0.4 is 5.73 Å². The standard InChI is InChI=1S/C18H19F2N3OS/c1-17(13-8-9-25-10-13)14(15(24)23(3)16(21)22-17)11-4-6-12(7-5-11)18(2,19)20/h4-10,14H,1-3H3,(H2,21,22). The molecule has 3 rings (SSSR count). The molecule has 1 amide bonds. The van der Waals surface area contributed by atoms with Gasteiger partial charge in [0.2, 0.25) is 5.91 Å². The molecule has 7 heteroatoms. The van der Waals surface area contributed by atoms with Gasteiger partial charge in [-0.3, -0.25) is 9.69 Å². The SMILES string of the molecule is CN1C(=O)C(c2ccc(C(C)(F)F)cc2)C(C)(c2ccsc2)N=C1N. The van der Waals surface area contributed by atoms with Gasteiger partial charge in [0.15, 0.2) is 5.96 Å². The molecule has 2 unspecified atom stereocenters. The van der Waals surface area contributed by atoms with Gasteiger partial charge in [0.1, 0.15) is 5.54 Å². The number of aliphatic imine (C=N–C) groups is 1. The third-order valence-corrected chi connectivity index (χ3v) is 5.37. The number of rotatable bonds is 3. The van der Waals surface area contributed by atoms with Crippen LogP contribution in [-0.2, 0) is 16.3 Å². The van der Waals surface area contributed by atoms with E-state index in [1.54, 1.807) is 19.2 Å². The van der Waals surface area contributed by atoms with Crippen LogP contribution in [0.15, 0.2) is 46.1 Å². The van der Waals surface area contributed by atoms with E-state index in [4.69, 9.17) is 5.73 Å². The van der Waals surface area contributed by atoms with Crippen molar-refractivity contribution in [1.29, 1.82) is 0 Å². The van der Waals surface area contributed by atoms with Crippen LogP contribution in [0.1, 0.15) is 36.5 Å². The number of thiophene rings is 1. The third kappa shape index (κ3) is 2.93. The number of carbonyl (C=O) groups excluding carboxylic acids is 1. The minimum absolute atomic E-state index is 0.0897. The second-order valence-electron chi connectivity index (χ2n) is 6.47. The normalized spacial score (nSPS) is 24.4. The van der Waals surface area contributed by atoms with Crippen molar-refractivity contribution in [3.05, 3.63) is 57.8 Å². The molecule has 4 nitrogen and oxygen atoms in total. The van der Waals surface area contributed by atoms with Crippen LogP contribution in [0.25, 0.3) is 0 Å². The molecule has 0 spiro atoms. The first-order valence-electron chi connectivity index (χ1n) is 7.78. The fourth-order valence-electron chi connectivity index (χ4n) is 3.14. The van der Waals surface area contributed by atoms with E-state index in [1.165, 1.54) is 28.4 Å². The zero-order valence-corrected chi connectivity index (χ0v) is 15.0. The van der Waals surface area contributed by atoms with Crippen molar-refractivity contribution in [1.82, 2.24) is 4.90 Å². The van der Waals surface area contributed by atoms with Gasteiger partial charge in [-0.25, -0.2) is 13.8 Å². The smallest absolute Gasteiger partial charge is 0.270 e. The highest BCUT2D eigenvalue weighted by molar-refractivity contribution is 7.08. The fourth-order valence-corrected chi connectivity index (χ4v) is 3.91. The van der Waals surface area contributed by atoms with Crippen LogP contribution in [0.4, 0.5) is 8.78 Å². The number of carbonyl (C=O) groups is 1. The van der Waals surface area contributed by atoms with Gasteiger partial charge in [0.25, 0.3) is 5.92 Å². The molecule has 2 N–H and O–H groups in total. The molecule has 0 fully saturated rings. The number of hydrogen-bond donors (Lipinski definition) is 1. The summed E-state index contributed by atoms with van der Waals surface area (Å²) < 4.78 is 27.0. The molecule has 1 aliphatic heterocycles. The number of hydrogen-bond acceptors (Lipinski definition) is 4. The van der Waals surface area contributed by atoms with E-state index in [0.29, 0.717) is 5.56 Å². The summed E-state index contributed by atoms with van der Waals surface area (Å²) >= 11 is 1.50. The zero-order chi connectivity index (χ0) is 18.4. The lowest BCUT2D eigenvalue weighted by Gasteiger charge is -2.40. The summed E-state index contributed by atoms with van der Waals surface area (Å²) in [5.74, 6) is -3.63. The minimum Gasteiger partial charge on any atom is -0.369 e. The van der Waals surface area contributed by atoms with Crippen molar-refractivity contribution in [2.45, 2.75) is 31.2 Å². The lowest BCUT2D eigenvalue weighted by molar-refractivity contribution is -0.130. The molecule has 2 atom stereocenters. The van der Waals surface area contributed by atoms with Crippen molar-refractivity contribution in [2.75, 3.05) is 7.05 Å². The second kappa shape index (κ2) is 5.91. The summed E-state index contributed by atoms with van der Waals surface area (Å²) in [4.78, 5) is 18.8. The maximum Gasteiger partial charge on any atom is 0.270 e. The number of guanidine groups is 1. The molecule has 2 heterocycles. The molecule has 1 aromatic carbocycles. The predicted octanol–water partition coefficient (Wildman–Crippen LogP) is 3.65. The third-order valence-electron chi connectivity index (χ3n) is 4.69. The number of halogens is 2. The highest BCUT2D eigenvalue weighted by Crippen LogP contribution is 2.44. The van der Waals surface area contributed by atoms with Crippen LogP contribution in [0.3, 0.4) is 0 Å². The van der Waals surface area contributed by atoms with Gasteiger partial charge in [0.05, 0.1) is 5.92 Å². The Bertz CT molecular complexity index is 812. The monoisotopic (exact) mass is 363 g/mol. The van der Waals surface area contributed by atoms with E-state index >= 15 is 0 Å². The van der Waals surface area contributed by atoms with Gasteiger partial charge in [-0.15, -0.1) is 0 Å². The average molecular weight is 363 g/mol. The Kier molecular flexibility index (Phi) is 4.15. The maximum absolute atomic E-state index is 13.5. The summed E-state index contributed by atoms with van der Waals surface area (Å²) in [6.45, 7) is 2.70. The Morgan fingerprint density at radius 3 is 2.44 bits per heavy atom. The largest absolute Gasteiger partial charge is 0.369 e. The first kappa shape index (κ1) is 17.5. The predicted molar refractivity (Wildman–Crippen MR) is 94.8 cm³/mol. The van der Waals surface area contributed by atoms with Crippen LogP contribution in [0, 0.1) is 0 Å². The number of alkyl halides is 2. The Morgan fingerprint density at radius 1 is 1.28 bits per heavy atom. The quantitative estimate of drug-likeness (QED) is 0.905. The lowest BCUT2D eigenvalue weighted by Crippen LogP contribution is -2.52. The Balaban J connectivity index is 2.12. The van der Waals surface area contributed by atoms with E-state index < -0.39 is 17.4 Å². The van der Waals surface area contributed by atoms with Crippen LogP contribution >= 0.6 is 11.3 Å². The van der Waals surface area contributed by atoms with E-state index in [1.807, 2.05) is 23.8 Å². The van der Waals surface area contributed by atoms with Gasteiger partial charge in [-0.2, -0.15) is 11.3 Å². The summed E-state index contributed by atoms with van der Waals surface area (Å²) in [6.07, 6.45) is 0. The lowest BCUT2D eigenvalue weighted by atomic mass is 9.75. The van der Waals surface area contributed by atoms with E-state index in [2.05, 4.69) is 4.99 Å². The summed E-state index contributed by atoms with van der Waals surface area (Å²) in [7, 11) is 1.57. The van der Waals surface area contributed by atoms with Crippen molar-refractivity contribution in [2.24, 2.45) is 10.7 Å². The molecule has 1 aliphatic rings. The Hall–Kier alpha value is -2.28. The second-order valence-corrected chi connectivity index (χ2v) is 7.25. The molecular weight excluding hydrogens is 344 g/mol. The summed E-state index contributed by atoms with van der Waals surface area (Å²) in [6, 6.07) is 7.77. The number of nitrogens with two attached hydrogens (primary N) is 1. The molecule has 1 aromatic heterocycles. The maximum atomic E-state index is 13.5. The average Bonchev–Trinajstić information content (AvgIpc) is 3.08. The molecule has 0 saturated carbocycles. The molecule has 25 heavy (non-hydrogen) atoms. The molecule has 0 aliphatic carbocycles. The molecule has 0 radical (unpaired) electrons. The van der Waals surface area contributed by atoms with Crippen molar-refractivity contribution < 1.29 is 13.6 Å². The molecular formula is C18H19F2N3OS. The number of likely N-dealkylation sites (N-methyl/N-ethyl adjacent to an activating group) is 1. The number of amides is 1. The van der Waals surface area contributed by atoms with Crippen LogP contribution in [-0.4, -0.2) is 23.8 Å². The van der Waals surface area contributed by atoms with Gasteiger partial charge in [-0.1, -0.05) is 24.3 Å². The first-order valence-corrected chi connectivity index (χ1v) is 8.72. The Morgan fingerprint density at radius 2 is 1.92 bits per heavy atom. The molecule has 0 saturated heterocycles. The zero-order valence-electron chi connectivity index (χ0n) is 14.2. The number of nitrogens with zero attached hydrogens (tertiary/aromatic N) is 2. The minimum atomic E-state index is -2.93. The van der Waals surface area contributed by atoms with Crippen molar-refractivity contribution >= 4 is 23.2 Å². The fraction of sp³-hybridized carbons (Fsp3) is 0.333. The van der Waals surface area contributed by atoms with Crippen LogP contribution in [0.5, 0.6) is 0 Å². The van der Waals surface area contributed by atoms with Gasteiger partial charge in [0, 0.05) is 19.5 Å². The molecule has 132 valence electrons. The van der Waals surface area contributed by atoms with E-state index in [-0.39, 0.29) is 17.4 Å². The Labute approximate surface area is 149 Å². The molecule has 2 aromatic rings. The van der Waals surface area contributed by atoms with Crippen LogP contribution in [0.2, 0.25) is 0 Å². The number of benzene rings is 1. The van der Waals surface area contributed by atoms with E-state index in [9.17, 15) is 13.6 Å². The van der Waals surface area contributed by atoms with Gasteiger partial charge >= 0.3 is 0 Å². The highest BCUT2D eigenvalue weighted by atomic mass is 32.1. The summed E-state index contributed by atoms with van der Waals surface area (Å²) in [5.41, 5.74) is 6.46. The van der Waals surface area contributed by atoms with Gasteiger partial charge < -0.3 is 5.73 Å². The topological polar surface area (TPSA) is 58.7 Å². The molecule has 0 bridgehead atoms. The van der Waals surface area contributed by atoms with Gasteiger partial charge in [-0.05, 0) is 34.9 Å². The van der Waals surface area contributed by atoms with Crippen molar-refractivity contribution in [3.8, 4) is 0 Å². The van der Waals surface area contributed by atoms with E-state index in [0.717, 1.165) is 12.5 Å².